The van der Waals surface area contributed by atoms with Crippen molar-refractivity contribution >= 4 is 5.65 Å². The topological polar surface area (TPSA) is 45.0 Å². The van der Waals surface area contributed by atoms with E-state index < -0.39 is 11.4 Å². The molecule has 3 atom stereocenters. The average Bonchev–Trinajstić information content (AvgIpc) is 3.14. The molecule has 5 nitrogen and oxygen atoms in total. The molecule has 2 aliphatic heterocycles. The summed E-state index contributed by atoms with van der Waals surface area (Å²) in [6.45, 7) is 12.1. The normalized spacial score (nSPS) is 27.9. The van der Waals surface area contributed by atoms with Gasteiger partial charge < -0.3 is 18.6 Å². The summed E-state index contributed by atoms with van der Waals surface area (Å²) in [5, 5.41) is 0. The van der Waals surface area contributed by atoms with Crippen LogP contribution in [0.15, 0.2) is 55.3 Å². The van der Waals surface area contributed by atoms with E-state index in [1.165, 1.54) is 0 Å². The molecule has 0 aliphatic carbocycles. The van der Waals surface area contributed by atoms with Gasteiger partial charge in [-0.1, -0.05) is 43.0 Å². The first-order valence-corrected chi connectivity index (χ1v) is 9.58. The van der Waals surface area contributed by atoms with Crippen molar-refractivity contribution in [3.63, 3.8) is 0 Å². The highest BCUT2D eigenvalue weighted by Crippen LogP contribution is 2.56. The molecule has 1 fully saturated rings. The van der Waals surface area contributed by atoms with E-state index in [1.54, 1.807) is 0 Å². The molecule has 0 radical (unpaired) electrons. The third-order valence-corrected chi connectivity index (χ3v) is 5.84. The Bertz CT molecular complexity index is 1090. The quantitative estimate of drug-likeness (QED) is 0.613. The molecular weight excluding hydrogens is 352 g/mol. The van der Waals surface area contributed by atoms with Crippen molar-refractivity contribution in [3.8, 4) is 5.75 Å². The molecule has 0 N–H and O–H groups in total. The SMILES string of the molecule is C=C[C@@]12OC(C)(C)O[C@@H]1[C@@H](c1ccccc1)Oc1c2ccn2c(C)c(C)nc12. The standard InChI is InChI=1S/C23H24N2O3/c1-6-23-17-12-13-25-15(3)14(2)24-21(25)19(17)26-18(16-10-8-7-9-11-16)20(23)27-22(4,5)28-23/h6-13,18,20H,1H2,2-5H3/t18-,20-,23+/m1/s1. The molecule has 2 aliphatic rings. The molecule has 2 aromatic heterocycles. The molecule has 0 saturated carbocycles. The van der Waals surface area contributed by atoms with Gasteiger partial charge in [-0.25, -0.2) is 4.98 Å². The second-order valence-corrected chi connectivity index (χ2v) is 8.02. The Hall–Kier alpha value is -2.63. The minimum Gasteiger partial charge on any atom is -0.479 e. The van der Waals surface area contributed by atoms with Crippen LogP contribution >= 0.6 is 0 Å². The lowest BCUT2D eigenvalue weighted by Gasteiger charge is -2.40. The fourth-order valence-corrected chi connectivity index (χ4v) is 4.46. The van der Waals surface area contributed by atoms with E-state index in [4.69, 9.17) is 19.2 Å². The van der Waals surface area contributed by atoms with Gasteiger partial charge in [0, 0.05) is 17.5 Å². The monoisotopic (exact) mass is 376 g/mol. The molecule has 5 heteroatoms. The van der Waals surface area contributed by atoms with Gasteiger partial charge in [-0.15, -0.1) is 0 Å². The minimum absolute atomic E-state index is 0.336. The van der Waals surface area contributed by atoms with Gasteiger partial charge in [-0.2, -0.15) is 0 Å². The number of rotatable bonds is 2. The summed E-state index contributed by atoms with van der Waals surface area (Å²) in [6.07, 6.45) is 3.18. The Kier molecular flexibility index (Phi) is 3.55. The molecule has 28 heavy (non-hydrogen) atoms. The summed E-state index contributed by atoms with van der Waals surface area (Å²) < 4.78 is 21.5. The lowest BCUT2D eigenvalue weighted by Crippen LogP contribution is -2.45. The van der Waals surface area contributed by atoms with E-state index in [2.05, 4.69) is 30.0 Å². The van der Waals surface area contributed by atoms with Gasteiger partial charge in [-0.05, 0) is 39.3 Å². The maximum absolute atomic E-state index is 6.60. The molecule has 0 bridgehead atoms. The van der Waals surface area contributed by atoms with Crippen molar-refractivity contribution in [2.75, 3.05) is 0 Å². The zero-order chi connectivity index (χ0) is 19.7. The first-order valence-electron chi connectivity index (χ1n) is 9.58. The Labute approximate surface area is 164 Å². The summed E-state index contributed by atoms with van der Waals surface area (Å²) in [4.78, 5) is 4.78. The van der Waals surface area contributed by atoms with Gasteiger partial charge in [0.1, 0.15) is 11.7 Å². The van der Waals surface area contributed by atoms with E-state index in [-0.39, 0.29) is 12.2 Å². The first-order chi connectivity index (χ1) is 13.4. The van der Waals surface area contributed by atoms with Crippen LogP contribution in [0.25, 0.3) is 5.65 Å². The lowest BCUT2D eigenvalue weighted by atomic mass is 9.81. The summed E-state index contributed by atoms with van der Waals surface area (Å²) >= 11 is 0. The van der Waals surface area contributed by atoms with Gasteiger partial charge >= 0.3 is 0 Å². The van der Waals surface area contributed by atoms with Gasteiger partial charge in [0.05, 0.1) is 5.69 Å². The molecule has 4 heterocycles. The Morgan fingerprint density at radius 2 is 1.89 bits per heavy atom. The lowest BCUT2D eigenvalue weighted by molar-refractivity contribution is -0.159. The second kappa shape index (κ2) is 5.69. The fraction of sp³-hybridized carbons (Fsp3) is 0.348. The van der Waals surface area contributed by atoms with Crippen molar-refractivity contribution in [1.29, 1.82) is 0 Å². The number of pyridine rings is 1. The third kappa shape index (κ3) is 2.23. The van der Waals surface area contributed by atoms with Crippen LogP contribution in [0, 0.1) is 13.8 Å². The zero-order valence-corrected chi connectivity index (χ0v) is 16.6. The highest BCUT2D eigenvalue weighted by molar-refractivity contribution is 5.64. The second-order valence-electron chi connectivity index (χ2n) is 8.02. The molecular formula is C23H24N2O3. The predicted octanol–water partition coefficient (Wildman–Crippen LogP) is 4.62. The van der Waals surface area contributed by atoms with E-state index in [0.29, 0.717) is 0 Å². The summed E-state index contributed by atoms with van der Waals surface area (Å²) in [5.41, 5.74) is 3.99. The number of hydrogen-bond acceptors (Lipinski definition) is 4. The van der Waals surface area contributed by atoms with Crippen molar-refractivity contribution < 1.29 is 14.2 Å². The van der Waals surface area contributed by atoms with E-state index >= 15 is 0 Å². The van der Waals surface area contributed by atoms with Crippen LogP contribution in [0.1, 0.15) is 42.5 Å². The molecule has 3 aromatic rings. The van der Waals surface area contributed by atoms with Crippen LogP contribution in [0.4, 0.5) is 0 Å². The average molecular weight is 376 g/mol. The molecule has 144 valence electrons. The van der Waals surface area contributed by atoms with Crippen LogP contribution < -0.4 is 4.74 Å². The Balaban J connectivity index is 1.81. The maximum Gasteiger partial charge on any atom is 0.180 e. The van der Waals surface area contributed by atoms with Crippen molar-refractivity contribution in [2.24, 2.45) is 0 Å². The Morgan fingerprint density at radius 1 is 1.14 bits per heavy atom. The van der Waals surface area contributed by atoms with Gasteiger partial charge in [0.15, 0.2) is 23.3 Å². The number of ether oxygens (including phenoxy) is 3. The predicted molar refractivity (Wildman–Crippen MR) is 106 cm³/mol. The molecule has 0 unspecified atom stereocenters. The zero-order valence-electron chi connectivity index (χ0n) is 16.6. The largest absolute Gasteiger partial charge is 0.479 e. The van der Waals surface area contributed by atoms with Crippen LogP contribution in [0.5, 0.6) is 5.75 Å². The minimum atomic E-state index is -0.812. The first kappa shape index (κ1) is 17.5. The number of aromatic nitrogens is 2. The molecule has 1 aromatic carbocycles. The summed E-state index contributed by atoms with van der Waals surface area (Å²) in [7, 11) is 0. The molecule has 1 saturated heterocycles. The number of hydrogen-bond donors (Lipinski definition) is 0. The number of imidazole rings is 1. The van der Waals surface area contributed by atoms with E-state index in [0.717, 1.165) is 33.9 Å². The molecule has 0 spiro atoms. The van der Waals surface area contributed by atoms with Gasteiger partial charge in [-0.3, -0.25) is 0 Å². The number of aryl methyl sites for hydroxylation is 2. The summed E-state index contributed by atoms with van der Waals surface area (Å²) in [5.74, 6) is -0.0328. The van der Waals surface area contributed by atoms with Crippen molar-refractivity contribution in [2.45, 2.75) is 51.3 Å². The highest BCUT2D eigenvalue weighted by Gasteiger charge is 2.60. The van der Waals surface area contributed by atoms with E-state index in [9.17, 15) is 0 Å². The van der Waals surface area contributed by atoms with Crippen LogP contribution in [0.2, 0.25) is 0 Å². The summed E-state index contributed by atoms with van der Waals surface area (Å²) in [6, 6.07) is 12.2. The Morgan fingerprint density at radius 3 is 2.61 bits per heavy atom. The van der Waals surface area contributed by atoms with Crippen LogP contribution in [-0.2, 0) is 15.1 Å². The van der Waals surface area contributed by atoms with Crippen LogP contribution in [-0.4, -0.2) is 21.3 Å². The number of benzene rings is 1. The number of nitrogens with zero attached hydrogens (tertiary/aromatic N) is 2. The smallest absolute Gasteiger partial charge is 0.180 e. The van der Waals surface area contributed by atoms with Crippen molar-refractivity contribution in [3.05, 3.63) is 77.8 Å². The van der Waals surface area contributed by atoms with Crippen LogP contribution in [0.3, 0.4) is 0 Å². The maximum atomic E-state index is 6.60. The number of fused-ring (bicyclic) bond motifs is 5. The fourth-order valence-electron chi connectivity index (χ4n) is 4.46. The highest BCUT2D eigenvalue weighted by atomic mass is 16.8. The van der Waals surface area contributed by atoms with Gasteiger partial charge in [0.25, 0.3) is 0 Å². The van der Waals surface area contributed by atoms with Crippen molar-refractivity contribution in [1.82, 2.24) is 9.38 Å². The molecule has 5 rings (SSSR count). The van der Waals surface area contributed by atoms with Gasteiger partial charge in [0.2, 0.25) is 0 Å². The third-order valence-electron chi connectivity index (χ3n) is 5.84. The molecule has 0 amide bonds. The van der Waals surface area contributed by atoms with E-state index in [1.807, 2.05) is 57.3 Å².